The molecule has 2 fully saturated rings. The van der Waals surface area contributed by atoms with Crippen molar-refractivity contribution in [2.45, 2.75) is 69.6 Å². The third kappa shape index (κ3) is 4.42. The topological polar surface area (TPSA) is 61.7 Å². The van der Waals surface area contributed by atoms with E-state index >= 15 is 0 Å². The van der Waals surface area contributed by atoms with Gasteiger partial charge < -0.3 is 20.3 Å². The molecule has 0 saturated heterocycles. The molecule has 4 heteroatoms. The van der Waals surface area contributed by atoms with Gasteiger partial charge in [-0.1, -0.05) is 26.2 Å². The minimum Gasteiger partial charge on any atom is -0.394 e. The molecule has 0 radical (unpaired) electrons. The predicted octanol–water partition coefficient (Wildman–Crippen LogP) is 1.45. The zero-order valence-electron chi connectivity index (χ0n) is 12.1. The number of hydrogen-bond donors (Lipinski definition) is 3. The van der Waals surface area contributed by atoms with Crippen LogP contribution in [0.25, 0.3) is 0 Å². The number of aliphatic hydroxyl groups is 2. The quantitative estimate of drug-likeness (QED) is 0.625. The summed E-state index contributed by atoms with van der Waals surface area (Å²) in [6.07, 6.45) is 8.04. The summed E-state index contributed by atoms with van der Waals surface area (Å²) in [5, 5.41) is 22.4. The average Bonchev–Trinajstić information content (AvgIpc) is 3.24. The lowest BCUT2D eigenvalue weighted by Crippen LogP contribution is -2.42. The summed E-state index contributed by atoms with van der Waals surface area (Å²) in [6.45, 7) is 3.32. The van der Waals surface area contributed by atoms with Crippen molar-refractivity contribution in [2.75, 3.05) is 19.8 Å². The Labute approximate surface area is 116 Å². The van der Waals surface area contributed by atoms with Crippen molar-refractivity contribution in [3.63, 3.8) is 0 Å². The second-order valence-electron chi connectivity index (χ2n) is 6.30. The van der Waals surface area contributed by atoms with Crippen LogP contribution in [0.3, 0.4) is 0 Å². The van der Waals surface area contributed by atoms with Gasteiger partial charge in [0.1, 0.15) is 0 Å². The molecule has 0 aromatic rings. The van der Waals surface area contributed by atoms with Crippen LogP contribution in [-0.4, -0.2) is 47.7 Å². The van der Waals surface area contributed by atoms with Gasteiger partial charge in [0, 0.05) is 12.1 Å². The van der Waals surface area contributed by atoms with E-state index in [0.717, 1.165) is 19.3 Å². The summed E-state index contributed by atoms with van der Waals surface area (Å²) in [5.74, 6) is 0.668. The summed E-state index contributed by atoms with van der Waals surface area (Å²) in [4.78, 5) is 0. The number of nitrogens with one attached hydrogen (secondary N) is 1. The fraction of sp³-hybridized carbons (Fsp3) is 1.00. The highest BCUT2D eigenvalue weighted by atomic mass is 16.5. The molecule has 2 aliphatic carbocycles. The fourth-order valence-electron chi connectivity index (χ4n) is 3.03. The molecule has 0 bridgehead atoms. The molecule has 2 aliphatic rings. The standard InChI is InChI=1S/C15H29NO3/c1-2-12-5-3-4-6-14(12)19-10-13(18)9-16-15(11-17)7-8-15/h12-14,16-18H,2-11H2,1H3. The van der Waals surface area contributed by atoms with Gasteiger partial charge in [-0.25, -0.2) is 0 Å². The van der Waals surface area contributed by atoms with E-state index in [0.29, 0.717) is 25.2 Å². The zero-order valence-corrected chi connectivity index (χ0v) is 12.1. The number of rotatable bonds is 8. The normalized spacial score (nSPS) is 31.1. The zero-order chi connectivity index (χ0) is 13.7. The van der Waals surface area contributed by atoms with Crippen LogP contribution in [0.1, 0.15) is 51.9 Å². The lowest BCUT2D eigenvalue weighted by molar-refractivity contribution is -0.0508. The summed E-state index contributed by atoms with van der Waals surface area (Å²) < 4.78 is 5.92. The first-order chi connectivity index (χ1) is 9.19. The summed E-state index contributed by atoms with van der Waals surface area (Å²) in [6, 6.07) is 0. The molecule has 2 saturated carbocycles. The van der Waals surface area contributed by atoms with Crippen LogP contribution >= 0.6 is 0 Å². The van der Waals surface area contributed by atoms with Gasteiger partial charge in [-0.05, 0) is 31.6 Å². The molecule has 0 aromatic heterocycles. The Kier molecular flexibility index (Phi) is 5.63. The van der Waals surface area contributed by atoms with Crippen LogP contribution in [-0.2, 0) is 4.74 Å². The van der Waals surface area contributed by atoms with E-state index in [1.54, 1.807) is 0 Å². The predicted molar refractivity (Wildman–Crippen MR) is 75.0 cm³/mol. The van der Waals surface area contributed by atoms with Crippen LogP contribution in [0.2, 0.25) is 0 Å². The molecule has 3 atom stereocenters. The van der Waals surface area contributed by atoms with E-state index in [1.807, 2.05) is 0 Å². The molecular weight excluding hydrogens is 242 g/mol. The Hall–Kier alpha value is -0.160. The summed E-state index contributed by atoms with van der Waals surface area (Å²) in [5.41, 5.74) is -0.0994. The molecule has 112 valence electrons. The van der Waals surface area contributed by atoms with Gasteiger partial charge in [-0.3, -0.25) is 0 Å². The van der Waals surface area contributed by atoms with Crippen LogP contribution in [0.4, 0.5) is 0 Å². The van der Waals surface area contributed by atoms with E-state index in [1.165, 1.54) is 25.7 Å². The van der Waals surface area contributed by atoms with Gasteiger partial charge in [0.15, 0.2) is 0 Å². The van der Waals surface area contributed by atoms with E-state index in [2.05, 4.69) is 12.2 Å². The Morgan fingerprint density at radius 2 is 2.05 bits per heavy atom. The van der Waals surface area contributed by atoms with Crippen LogP contribution < -0.4 is 5.32 Å². The summed E-state index contributed by atoms with van der Waals surface area (Å²) >= 11 is 0. The van der Waals surface area contributed by atoms with Crippen LogP contribution in [0, 0.1) is 5.92 Å². The highest BCUT2D eigenvalue weighted by molar-refractivity contribution is 5.01. The third-order valence-corrected chi connectivity index (χ3v) is 4.74. The largest absolute Gasteiger partial charge is 0.394 e. The van der Waals surface area contributed by atoms with Crippen molar-refractivity contribution in [1.29, 1.82) is 0 Å². The van der Waals surface area contributed by atoms with E-state index in [-0.39, 0.29) is 12.1 Å². The highest BCUT2D eigenvalue weighted by Gasteiger charge is 2.41. The number of hydrogen-bond acceptors (Lipinski definition) is 4. The smallest absolute Gasteiger partial charge is 0.0898 e. The molecule has 2 rings (SSSR count). The van der Waals surface area contributed by atoms with Crippen molar-refractivity contribution in [3.8, 4) is 0 Å². The molecular formula is C15H29NO3. The van der Waals surface area contributed by atoms with Gasteiger partial charge in [0.2, 0.25) is 0 Å². The first-order valence-corrected chi connectivity index (χ1v) is 7.84. The maximum Gasteiger partial charge on any atom is 0.0898 e. The minimum atomic E-state index is -0.469. The molecule has 3 N–H and O–H groups in total. The van der Waals surface area contributed by atoms with Gasteiger partial charge in [-0.2, -0.15) is 0 Å². The Balaban J connectivity index is 1.63. The molecule has 0 heterocycles. The first-order valence-electron chi connectivity index (χ1n) is 7.84. The van der Waals surface area contributed by atoms with Crippen molar-refractivity contribution in [3.05, 3.63) is 0 Å². The highest BCUT2D eigenvalue weighted by Crippen LogP contribution is 2.34. The molecule has 4 nitrogen and oxygen atoms in total. The van der Waals surface area contributed by atoms with Gasteiger partial charge in [0.25, 0.3) is 0 Å². The molecule has 19 heavy (non-hydrogen) atoms. The number of aliphatic hydroxyl groups excluding tert-OH is 2. The summed E-state index contributed by atoms with van der Waals surface area (Å²) in [7, 11) is 0. The van der Waals surface area contributed by atoms with Crippen LogP contribution in [0.5, 0.6) is 0 Å². The van der Waals surface area contributed by atoms with Gasteiger partial charge in [0.05, 0.1) is 25.4 Å². The Morgan fingerprint density at radius 3 is 2.68 bits per heavy atom. The Bertz CT molecular complexity index is 268. The first kappa shape index (κ1) is 15.2. The third-order valence-electron chi connectivity index (χ3n) is 4.74. The molecule has 0 amide bonds. The monoisotopic (exact) mass is 271 g/mol. The molecule has 3 unspecified atom stereocenters. The minimum absolute atomic E-state index is 0.0994. The maximum absolute atomic E-state index is 9.96. The maximum atomic E-state index is 9.96. The number of ether oxygens (including phenoxy) is 1. The lowest BCUT2D eigenvalue weighted by Gasteiger charge is -2.31. The van der Waals surface area contributed by atoms with E-state index in [4.69, 9.17) is 4.74 Å². The lowest BCUT2D eigenvalue weighted by atomic mass is 9.85. The van der Waals surface area contributed by atoms with Crippen LogP contribution in [0.15, 0.2) is 0 Å². The second kappa shape index (κ2) is 7.02. The van der Waals surface area contributed by atoms with Gasteiger partial charge in [-0.15, -0.1) is 0 Å². The molecule has 0 aromatic carbocycles. The average molecular weight is 271 g/mol. The van der Waals surface area contributed by atoms with Crippen molar-refractivity contribution in [1.82, 2.24) is 5.32 Å². The second-order valence-corrected chi connectivity index (χ2v) is 6.30. The van der Waals surface area contributed by atoms with E-state index < -0.39 is 6.10 Å². The molecule has 0 aliphatic heterocycles. The Morgan fingerprint density at radius 1 is 1.32 bits per heavy atom. The van der Waals surface area contributed by atoms with E-state index in [9.17, 15) is 10.2 Å². The fourth-order valence-corrected chi connectivity index (χ4v) is 3.03. The SMILES string of the molecule is CCC1CCCCC1OCC(O)CNC1(CO)CC1. The van der Waals surface area contributed by atoms with Gasteiger partial charge >= 0.3 is 0 Å². The van der Waals surface area contributed by atoms with Crippen molar-refractivity contribution >= 4 is 0 Å². The number of β-amino-alcohol motifs (C(OH)–C–C–N with tert-alkyl or cyclic N) is 1. The molecule has 0 spiro atoms. The van der Waals surface area contributed by atoms with Crippen molar-refractivity contribution < 1.29 is 14.9 Å². The van der Waals surface area contributed by atoms with Crippen molar-refractivity contribution in [2.24, 2.45) is 5.92 Å².